The molecule has 20 atom stereocenters. The summed E-state index contributed by atoms with van der Waals surface area (Å²) in [5.41, 5.74) is 13.3. The molecule has 9 aliphatic rings. The number of nitrogen functional groups attached to an aromatic ring is 1. The molecular formula is C95H112Cl2N19O31S2+. The average Bonchev–Trinajstić information content (AvgIpc) is 0.936. The number of fused-ring (bicyclic) bond motifs is 16. The highest BCUT2D eigenvalue weighted by Gasteiger charge is 2.57. The molecule has 0 saturated carbocycles. The number of carbonyl (C=O) groups is 13. The van der Waals surface area contributed by atoms with Crippen LogP contribution in [0.4, 0.5) is 5.13 Å². The van der Waals surface area contributed by atoms with Gasteiger partial charge in [-0.1, -0.05) is 60.4 Å². The zero-order valence-corrected chi connectivity index (χ0v) is 83.9. The van der Waals surface area contributed by atoms with E-state index in [1.54, 1.807) is 42.9 Å². The number of β-lactam (4-membered cyclic amide) rings is 1. The number of nitrogens with two attached hydrogens (primary N) is 3. The molecule has 7 aromatic rings. The number of carboxylic acids is 2. The Hall–Kier alpha value is -13.8. The molecule has 11 heterocycles. The molecule has 2 unspecified atom stereocenters. The van der Waals surface area contributed by atoms with Gasteiger partial charge in [0.25, 0.3) is 11.8 Å². The fourth-order valence-electron chi connectivity index (χ4n) is 18.0. The first-order chi connectivity index (χ1) is 70.7. The number of nitrogens with one attached hydrogen (secondary N) is 10. The lowest BCUT2D eigenvalue weighted by Gasteiger charge is -2.49. The van der Waals surface area contributed by atoms with Gasteiger partial charge in [-0.05, 0) is 129 Å². The van der Waals surface area contributed by atoms with E-state index < -0.39 is 289 Å². The van der Waals surface area contributed by atoms with Crippen molar-refractivity contribution in [2.24, 2.45) is 22.5 Å². The molecule has 9 aliphatic heterocycles. The summed E-state index contributed by atoms with van der Waals surface area (Å²) in [4.78, 5) is 198. The minimum absolute atomic E-state index is 0.00951. The van der Waals surface area contributed by atoms with Crippen LogP contribution in [-0.4, -0.2) is 295 Å². The van der Waals surface area contributed by atoms with Gasteiger partial charge in [0.15, 0.2) is 54.0 Å². The first-order valence-corrected chi connectivity index (χ1v) is 49.4. The Bertz CT molecular complexity index is 6420. The number of aliphatic carboxylic acids is 2. The molecule has 50 nitrogen and oxygen atoms in total. The van der Waals surface area contributed by atoms with Crippen molar-refractivity contribution in [3.05, 3.63) is 163 Å². The number of rotatable bonds is 32. The summed E-state index contributed by atoms with van der Waals surface area (Å²) in [5, 5.41) is 157. The van der Waals surface area contributed by atoms with Crippen LogP contribution in [0.1, 0.15) is 148 Å². The first kappa shape index (κ1) is 111. The molecule has 27 N–H and O–H groups in total. The lowest BCUT2D eigenvalue weighted by atomic mass is 9.86. The molecule has 2 aromatic heterocycles. The van der Waals surface area contributed by atoms with Crippen molar-refractivity contribution >= 4 is 134 Å². The van der Waals surface area contributed by atoms with Crippen molar-refractivity contribution in [3.8, 4) is 57.1 Å². The number of aliphatic hydroxyl groups excluding tert-OH is 6. The van der Waals surface area contributed by atoms with E-state index in [2.05, 4.69) is 67.7 Å². The van der Waals surface area contributed by atoms with Gasteiger partial charge in [0.05, 0.1) is 46.9 Å². The van der Waals surface area contributed by atoms with E-state index >= 15 is 24.0 Å². The Labute approximate surface area is 866 Å². The van der Waals surface area contributed by atoms with Gasteiger partial charge >= 0.3 is 11.9 Å². The van der Waals surface area contributed by atoms with Crippen LogP contribution in [0.25, 0.3) is 11.1 Å². The van der Waals surface area contributed by atoms with Gasteiger partial charge in [-0.25, -0.2) is 14.2 Å². The number of hydrogen-bond acceptors (Lipinski definition) is 38. The molecule has 54 heteroatoms. The largest absolute Gasteiger partial charge is 0.507 e. The number of anilines is 1. The maximum atomic E-state index is 16.5. The third kappa shape index (κ3) is 25.0. The van der Waals surface area contributed by atoms with Crippen LogP contribution in [0.15, 0.2) is 114 Å². The average molecular weight is 2150 g/mol. The van der Waals surface area contributed by atoms with E-state index in [-0.39, 0.29) is 127 Å². The number of likely N-dealkylation sites (N-methyl/N-ethyl adjacent to an activating group) is 2. The first-order valence-electron chi connectivity index (χ1n) is 46.8. The summed E-state index contributed by atoms with van der Waals surface area (Å²) in [7, 11) is 4.14. The minimum atomic E-state index is -2.44. The van der Waals surface area contributed by atoms with Crippen LogP contribution in [0.3, 0.4) is 0 Å². The zero-order valence-electron chi connectivity index (χ0n) is 80.8. The predicted molar refractivity (Wildman–Crippen MR) is 523 cm³/mol. The number of amides is 11. The lowest BCUT2D eigenvalue weighted by molar-refractivity contribution is -0.689. The number of phenolic OH excluding ortho intramolecular Hbond substituents is 3. The molecule has 3 saturated heterocycles. The summed E-state index contributed by atoms with van der Waals surface area (Å²) in [6.07, 6.45) is -15.3. The van der Waals surface area contributed by atoms with E-state index in [1.807, 2.05) is 0 Å². The molecule has 0 aliphatic carbocycles. The van der Waals surface area contributed by atoms with Crippen molar-refractivity contribution in [2.45, 2.75) is 213 Å². The van der Waals surface area contributed by atoms with Gasteiger partial charge in [-0.3, -0.25) is 57.6 Å². The number of unbranched alkanes of at least 4 members (excludes halogenated alkanes) is 1. The molecule has 149 heavy (non-hydrogen) atoms. The van der Waals surface area contributed by atoms with E-state index in [4.69, 9.17) is 73.7 Å². The smallest absolute Gasteiger partial charge is 0.352 e. The number of carbonyl (C=O) groups excluding carboxylic acids is 11. The van der Waals surface area contributed by atoms with E-state index in [1.165, 1.54) is 63.8 Å². The molecule has 3 fully saturated rings. The molecule has 11 amide bonds. The lowest BCUT2D eigenvalue weighted by Crippen LogP contribution is -2.71. The summed E-state index contributed by atoms with van der Waals surface area (Å²) in [5.74, 6) is -20.6. The van der Waals surface area contributed by atoms with Gasteiger partial charge in [-0.2, -0.15) is 9.36 Å². The number of nitrogens with zero attached hydrogens (tertiary/aromatic N) is 6. The standard InChI is InChI=1S/C95H111Cl2N19O31S2/c1-38(2)23-51(101-5)82(129)108-68-73(123)42-15-18-55(49(96)25-42)143-57-27-44-28-58(78(57)147-93-79(77(127)76(126)59(36-117)145-93)146-63-31-95(4,100)80(128)39(3)142-63)144-56-19-16-43(26-50(56)97)74(124)69-87(134)107-67(91(137)138)47-29-54(119)48(75(125)64(47)46-24-41(14-17-53(46)118)65(84(131)109-69)106-85(132)66(44)105-83(130)52(30-60(98)120)104-86(68)133)33-102-20-22-114(6)62(122)13-9-8-12-61(121)103-32-40-11-10-21-115(34-40)35-45-37-148-90-71(89(136)116(90)72(45)92(139)140)110-88(135)70(112-141-7)81-111-94(99)149-113-81/h10-11,14-19,21,24-29,34,38-39,51-52,59,63,65-69,71,73-74,76-77,79-80,90,93,101-102,117,123-124,126-128H,8-9,12-13,20,22-23,30-33,35-37,100H2,1-7H3,(H16-,98,99,103,104,105,106,107,108,109,110,111,112,113,118,119,120,121,125,129,130,131,132,133,134,135,137,138,139,140)/p+1/t39-,51+,52-,59+,63-,65?,66+,67-,68+,69?,71+,73+,74+,76+,77-,79+,80+,90+,93-,95-/m0/s1. The molecule has 798 valence electrons. The van der Waals surface area contributed by atoms with Gasteiger partial charge in [-0.15, -0.1) is 11.8 Å². The highest BCUT2D eigenvalue weighted by atomic mass is 35.5. The van der Waals surface area contributed by atoms with E-state index in [0.29, 0.717) is 11.1 Å². The molecular weight excluding hydrogens is 2040 g/mol. The van der Waals surface area contributed by atoms with Crippen LogP contribution in [-0.2, 0) is 101 Å². The Morgan fingerprint density at radius 1 is 0.772 bits per heavy atom. The third-order valence-electron chi connectivity index (χ3n) is 25.8. The Morgan fingerprint density at radius 3 is 2.07 bits per heavy atom. The SMILES string of the molecule is CN[C@H](CC(C)C)C(=O)N[C@H]1C(=O)N[C@@H](CC(N)=O)C(=O)N[C@H]2C(=O)NC3C(=O)NC(C(=O)N[C@H](C(=O)O)c4cc(O)c(CNCCN(C)C(=O)CCCCC(=O)NCc5ccc[n+](CC6=C(C(=O)O)N7C(=O)[C@@H](NC(=O)/C(=N\OC)c8nsc(N)n8)[C@H]7SC6)c5)c(O)c4-c4cc3ccc4O)[C@H](O)c3ccc(c(Cl)c3)Oc3cc2cc(c3O[C@@H]2O[C@H](CO)[C@@H](O)[C@H](O)[C@H]2O[C@H]2C[C@](C)(N)[C@H](O)[C@H](C)O2)Oc2ccc(cc2Cl)[C@H]1O. The number of pyridine rings is 1. The van der Waals surface area contributed by atoms with Crippen LogP contribution in [0.5, 0.6) is 46.0 Å². The number of aromatic nitrogens is 3. The number of aliphatic hydroxyl groups is 6. The van der Waals surface area contributed by atoms with Crippen molar-refractivity contribution in [1.29, 1.82) is 0 Å². The van der Waals surface area contributed by atoms with Gasteiger partial charge in [0.2, 0.25) is 76.7 Å². The Kier molecular flexibility index (Phi) is 35.2. The Morgan fingerprint density at radius 2 is 1.44 bits per heavy atom. The van der Waals surface area contributed by atoms with Crippen LogP contribution >= 0.6 is 46.5 Å². The second-order valence-corrected chi connectivity index (χ2v) is 39.7. The third-order valence-corrected chi connectivity index (χ3v) is 28.3. The number of halogens is 2. The van der Waals surface area contributed by atoms with E-state index in [9.17, 15) is 94.5 Å². The quantitative estimate of drug-likeness (QED) is 0.00794. The molecule has 0 spiro atoms. The summed E-state index contributed by atoms with van der Waals surface area (Å²) >= 11 is 16.4. The number of aromatic hydroxyl groups is 3. The van der Waals surface area contributed by atoms with Crippen molar-refractivity contribution in [3.63, 3.8) is 0 Å². The number of benzene rings is 5. The highest BCUT2D eigenvalue weighted by Crippen LogP contribution is 2.52. The normalized spacial score (nSPS) is 25.7. The maximum Gasteiger partial charge on any atom is 0.352 e. The number of thioether (sulfide) groups is 1. The second-order valence-electron chi connectivity index (χ2n) is 37.0. The van der Waals surface area contributed by atoms with E-state index in [0.717, 1.165) is 77.1 Å². The molecule has 5 aromatic carbocycles. The van der Waals surface area contributed by atoms with Gasteiger partial charge in [0, 0.05) is 109 Å². The monoisotopic (exact) mass is 2150 g/mol. The van der Waals surface area contributed by atoms with Crippen molar-refractivity contribution < 1.29 is 156 Å². The molecule has 16 rings (SSSR count). The topological polar surface area (TPSA) is 756 Å². The zero-order chi connectivity index (χ0) is 108. The summed E-state index contributed by atoms with van der Waals surface area (Å²) in [6, 6.07) is -0.0891. The summed E-state index contributed by atoms with van der Waals surface area (Å²) in [6.45, 7) is 5.05. The van der Waals surface area contributed by atoms with Gasteiger partial charge in [0.1, 0.15) is 114 Å². The number of hydrogen-bond donors (Lipinski definition) is 24. The maximum absolute atomic E-state index is 16.5. The van der Waals surface area contributed by atoms with Gasteiger partial charge < -0.3 is 165 Å². The van der Waals surface area contributed by atoms with Crippen LogP contribution in [0, 0.1) is 5.92 Å². The molecule has 0 radical (unpaired) electrons. The fraction of sp³-hybridized carbons (Fsp3) is 0.442. The minimum Gasteiger partial charge on any atom is -0.507 e. The van der Waals surface area contributed by atoms with Crippen LogP contribution < -0.4 is 89.1 Å². The Balaban J connectivity index is 0.746. The number of ether oxygens (including phenoxy) is 6. The predicted octanol–water partition coefficient (Wildman–Crippen LogP) is -0.959. The molecule has 11 bridgehead atoms. The summed E-state index contributed by atoms with van der Waals surface area (Å²) < 4.78 is 44.3. The van der Waals surface area contributed by atoms with Crippen molar-refractivity contribution in [1.82, 2.24) is 72.3 Å². The number of oxime groups is 1. The number of carboxylic acid groups (broad SMARTS) is 2. The van der Waals surface area contributed by atoms with Crippen molar-refractivity contribution in [2.75, 3.05) is 52.4 Å². The second kappa shape index (κ2) is 47.4. The fourth-order valence-corrected chi connectivity index (χ4v) is 20.2. The van der Waals surface area contributed by atoms with Crippen LogP contribution in [0.2, 0.25) is 10.0 Å². The number of primary amides is 1. The number of phenols is 3. The highest BCUT2D eigenvalue weighted by molar-refractivity contribution is 8.00.